The predicted octanol–water partition coefficient (Wildman–Crippen LogP) is 1.80. The van der Waals surface area contributed by atoms with Gasteiger partial charge >= 0.3 is 142 Å². The number of rotatable bonds is 4. The molecule has 0 radical (unpaired) electrons. The first-order valence-corrected chi connectivity index (χ1v) is 9.64. The zero-order valence-electron chi connectivity index (χ0n) is 12.4. The van der Waals surface area contributed by atoms with Crippen LogP contribution in [0.4, 0.5) is 13.2 Å². The number of nitrogens with zero attached hydrogens (tertiary/aromatic N) is 3. The van der Waals surface area contributed by atoms with Crippen LogP contribution in [0.25, 0.3) is 11.0 Å². The number of aromatic nitrogens is 3. The van der Waals surface area contributed by atoms with Gasteiger partial charge in [0.05, 0.1) is 0 Å². The van der Waals surface area contributed by atoms with Crippen molar-refractivity contribution in [3.05, 3.63) is 59.5 Å². The van der Waals surface area contributed by atoms with Crippen LogP contribution in [0.2, 0.25) is 0 Å². The molecule has 0 saturated heterocycles. The average molecular weight is 395 g/mol. The first kappa shape index (κ1) is 16.9. The zero-order valence-corrected chi connectivity index (χ0v) is 14.5. The van der Waals surface area contributed by atoms with E-state index in [0.29, 0.717) is 15.3 Å². The Bertz CT molecular complexity index is 871. The van der Waals surface area contributed by atoms with E-state index in [2.05, 4.69) is 15.0 Å². The summed E-state index contributed by atoms with van der Waals surface area (Å²) in [5, 5.41) is 10.3. The Morgan fingerprint density at radius 2 is 1.83 bits per heavy atom. The normalized spacial score (nSPS) is 12.3. The van der Waals surface area contributed by atoms with Crippen LogP contribution in [0.5, 0.6) is 0 Å². The monoisotopic (exact) mass is 395 g/mol. The molecule has 2 heterocycles. The Morgan fingerprint density at radius 1 is 1.04 bits per heavy atom. The molecule has 0 fully saturated rings. The number of benzene rings is 1. The van der Waals surface area contributed by atoms with Crippen LogP contribution in [0.15, 0.2) is 42.6 Å². The van der Waals surface area contributed by atoms with Gasteiger partial charge in [-0.15, -0.1) is 0 Å². The second kappa shape index (κ2) is 6.87. The first-order valence-electron chi connectivity index (χ1n) is 7.10. The molecule has 1 unspecified atom stereocenters. The van der Waals surface area contributed by atoms with E-state index in [1.54, 1.807) is 24.4 Å². The van der Waals surface area contributed by atoms with E-state index >= 15 is 0 Å². The molecule has 1 N–H and O–H groups in total. The number of hydrogen-bond donors (Lipinski definition) is 1. The molecule has 24 heavy (non-hydrogen) atoms. The fourth-order valence-electron chi connectivity index (χ4n) is 2.34. The third-order valence-corrected chi connectivity index (χ3v) is 6.10. The average Bonchev–Trinajstić information content (AvgIpc) is 2.58. The molecule has 1 atom stereocenters. The van der Waals surface area contributed by atoms with Crippen molar-refractivity contribution in [2.45, 2.75) is 18.0 Å². The van der Waals surface area contributed by atoms with Crippen molar-refractivity contribution in [2.75, 3.05) is 0 Å². The van der Waals surface area contributed by atoms with Crippen LogP contribution in [-0.4, -0.2) is 35.8 Å². The molecule has 124 valence electrons. The number of halogens is 3. The number of fused-ring (bicyclic) bond motifs is 1. The third-order valence-electron chi connectivity index (χ3n) is 3.43. The van der Waals surface area contributed by atoms with Crippen molar-refractivity contribution in [2.24, 2.45) is 0 Å². The van der Waals surface area contributed by atoms with Crippen LogP contribution < -0.4 is 4.48 Å². The maximum absolute atomic E-state index is 13.1. The van der Waals surface area contributed by atoms with Gasteiger partial charge in [0.2, 0.25) is 0 Å². The van der Waals surface area contributed by atoms with Gasteiger partial charge in [0.15, 0.2) is 0 Å². The van der Waals surface area contributed by atoms with Crippen molar-refractivity contribution in [3.8, 4) is 0 Å². The van der Waals surface area contributed by atoms with Gasteiger partial charge < -0.3 is 0 Å². The van der Waals surface area contributed by atoms with Gasteiger partial charge in [0.1, 0.15) is 0 Å². The van der Waals surface area contributed by atoms with E-state index in [1.165, 1.54) is 12.1 Å². The molecule has 8 heteroatoms. The molecule has 4 nitrogen and oxygen atoms in total. The zero-order chi connectivity index (χ0) is 17.2. The van der Waals surface area contributed by atoms with Gasteiger partial charge in [-0.05, 0) is 0 Å². The summed E-state index contributed by atoms with van der Waals surface area (Å²) in [4.78, 5) is 12.6. The Kier molecular flexibility index (Phi) is 4.83. The van der Waals surface area contributed by atoms with Crippen LogP contribution >= 0.6 is 0 Å². The Balaban J connectivity index is 1.95. The summed E-state index contributed by atoms with van der Waals surface area (Å²) in [6.07, 6.45) is -2.78. The van der Waals surface area contributed by atoms with E-state index in [0.717, 1.165) is 11.5 Å². The van der Waals surface area contributed by atoms with Gasteiger partial charge in [-0.3, -0.25) is 0 Å². The van der Waals surface area contributed by atoms with Crippen LogP contribution in [0, 0.1) is 0 Å². The fraction of sp³-hybridized carbons (Fsp3) is 0.188. The topological polar surface area (TPSA) is 58.9 Å². The summed E-state index contributed by atoms with van der Waals surface area (Å²) in [5.41, 5.74) is 0.123. The number of hydrogen-bond acceptors (Lipinski definition) is 4. The molecule has 0 aliphatic rings. The van der Waals surface area contributed by atoms with E-state index in [-0.39, 0.29) is 18.0 Å². The van der Waals surface area contributed by atoms with E-state index in [9.17, 15) is 18.3 Å². The minimum atomic E-state index is -4.37. The van der Waals surface area contributed by atoms with E-state index in [1.807, 2.05) is 0 Å². The molecule has 0 amide bonds. The molecule has 0 bridgehead atoms. The maximum atomic E-state index is 13.1. The molecule has 0 saturated carbocycles. The number of aliphatic hydroxyl groups is 1. The summed E-state index contributed by atoms with van der Waals surface area (Å²) >= 11 is -1.000. The van der Waals surface area contributed by atoms with E-state index < -0.39 is 27.5 Å². The third kappa shape index (κ3) is 3.57. The number of aliphatic hydroxyl groups excluding tert-OH is 1. The molecule has 3 aromatic rings. The summed E-state index contributed by atoms with van der Waals surface area (Å²) in [6, 6.07) is 9.14. The summed E-state index contributed by atoms with van der Waals surface area (Å²) in [7, 11) is 0. The van der Waals surface area contributed by atoms with Crippen LogP contribution in [-0.2, 0) is 18.0 Å². The Hall–Kier alpha value is -1.98. The second-order valence-electron chi connectivity index (χ2n) is 5.03. The van der Waals surface area contributed by atoms with Gasteiger partial charge in [0.25, 0.3) is 0 Å². The van der Waals surface area contributed by atoms with Crippen molar-refractivity contribution in [3.63, 3.8) is 0 Å². The Labute approximate surface area is 142 Å². The molecule has 2 aromatic heterocycles. The number of pyridine rings is 1. The molecular formula is C16H13AsF3N3O. The second-order valence-corrected chi connectivity index (χ2v) is 7.51. The summed E-state index contributed by atoms with van der Waals surface area (Å²) in [6.45, 7) is -0.329. The molecule has 0 aliphatic heterocycles. The van der Waals surface area contributed by atoms with Crippen LogP contribution in [0.1, 0.15) is 17.0 Å². The van der Waals surface area contributed by atoms with Crippen molar-refractivity contribution >= 4 is 31.3 Å². The van der Waals surface area contributed by atoms with Crippen molar-refractivity contribution in [1.82, 2.24) is 15.0 Å². The van der Waals surface area contributed by atoms with E-state index in [4.69, 9.17) is 0 Å². The van der Waals surface area contributed by atoms with Gasteiger partial charge in [-0.2, -0.15) is 0 Å². The summed E-state index contributed by atoms with van der Waals surface area (Å²) < 4.78 is 40.0. The fourth-order valence-corrected chi connectivity index (χ4v) is 4.99. The van der Waals surface area contributed by atoms with Crippen molar-refractivity contribution in [1.29, 1.82) is 0 Å². The summed E-state index contributed by atoms with van der Waals surface area (Å²) in [5.74, 6) is 0.240. The molecule has 3 rings (SSSR count). The molecule has 1 aromatic carbocycles. The standard InChI is InChI=1S/C16H13AsF3N3O/c18-16(19,20)12-6-2-1-4-10(12)8-17-14-11-5-3-7-21-15(11)23-13(9-24)22-14/h1-7,17,24H,8-9H2. The predicted molar refractivity (Wildman–Crippen MR) is 85.2 cm³/mol. The minimum absolute atomic E-state index is 0.240. The number of alkyl halides is 3. The Morgan fingerprint density at radius 3 is 2.58 bits per heavy atom. The van der Waals surface area contributed by atoms with Gasteiger partial charge in [0, 0.05) is 0 Å². The van der Waals surface area contributed by atoms with Gasteiger partial charge in [-0.1, -0.05) is 0 Å². The van der Waals surface area contributed by atoms with Crippen LogP contribution in [0.3, 0.4) is 0 Å². The van der Waals surface area contributed by atoms with Crippen molar-refractivity contribution < 1.29 is 18.3 Å². The quantitative estimate of drug-likeness (QED) is 0.685. The van der Waals surface area contributed by atoms with Gasteiger partial charge in [-0.25, -0.2) is 0 Å². The first-order chi connectivity index (χ1) is 11.5. The molecule has 0 aliphatic carbocycles. The SMILES string of the molecule is OCc1nc([AsH]Cc2ccccc2C(F)(F)F)c2cccnc2n1. The molecule has 0 spiro atoms. The molecular weight excluding hydrogens is 382 g/mol.